The molecule has 3 aromatic carbocycles. The number of ketones is 1. The topological polar surface area (TPSA) is 58.2 Å². The summed E-state index contributed by atoms with van der Waals surface area (Å²) in [6, 6.07) is 29.2. The van der Waals surface area contributed by atoms with Crippen LogP contribution in [0.5, 0.6) is 5.75 Å². The van der Waals surface area contributed by atoms with Crippen molar-refractivity contribution in [2.75, 3.05) is 6.61 Å². The maximum atomic E-state index is 13.5. The molecular formula is C31H29N3O3. The number of aryl methyl sites for hydroxylation is 1. The van der Waals surface area contributed by atoms with Gasteiger partial charge in [0.05, 0.1) is 11.4 Å². The third-order valence-corrected chi connectivity index (χ3v) is 6.81. The van der Waals surface area contributed by atoms with Crippen LogP contribution >= 0.6 is 0 Å². The van der Waals surface area contributed by atoms with Crippen molar-refractivity contribution in [3.63, 3.8) is 0 Å². The first-order valence-electron chi connectivity index (χ1n) is 12.2. The van der Waals surface area contributed by atoms with Crippen molar-refractivity contribution < 1.29 is 9.53 Å². The number of benzene rings is 3. The molecule has 2 heterocycles. The summed E-state index contributed by atoms with van der Waals surface area (Å²) in [6.45, 7) is 5.61. The van der Waals surface area contributed by atoms with Gasteiger partial charge in [0.1, 0.15) is 11.4 Å². The number of nitrogens with zero attached hydrogens (tertiary/aromatic N) is 3. The first kappa shape index (κ1) is 24.1. The van der Waals surface area contributed by atoms with E-state index in [-0.39, 0.29) is 17.9 Å². The standard InChI is InChI=1S/C31H29N3O3/c1-21-19-28(29(35)20-37-27-17-15-25(16-18-27)24-11-7-5-8-12-24)22(2)33(21)30-23(3)32(4)34(31(30)36)26-13-9-6-10-14-26/h5-19H,20H2,1-4H3. The minimum atomic E-state index is -0.137. The Morgan fingerprint density at radius 1 is 0.784 bits per heavy atom. The molecule has 0 amide bonds. The van der Waals surface area contributed by atoms with Crippen LogP contribution < -0.4 is 10.3 Å². The number of ether oxygens (including phenoxy) is 1. The van der Waals surface area contributed by atoms with Gasteiger partial charge < -0.3 is 9.30 Å². The molecule has 6 nitrogen and oxygen atoms in total. The minimum Gasteiger partial charge on any atom is -0.485 e. The van der Waals surface area contributed by atoms with E-state index >= 15 is 0 Å². The average molecular weight is 492 g/mol. The smallest absolute Gasteiger partial charge is 0.295 e. The zero-order chi connectivity index (χ0) is 26.1. The number of para-hydroxylation sites is 1. The molecule has 0 spiro atoms. The van der Waals surface area contributed by atoms with Crippen LogP contribution in [0, 0.1) is 20.8 Å². The first-order valence-corrected chi connectivity index (χ1v) is 12.2. The van der Waals surface area contributed by atoms with Crippen molar-refractivity contribution >= 4 is 5.78 Å². The third-order valence-electron chi connectivity index (χ3n) is 6.81. The summed E-state index contributed by atoms with van der Waals surface area (Å²) in [4.78, 5) is 26.7. The Labute approximate surface area is 216 Å². The lowest BCUT2D eigenvalue weighted by Gasteiger charge is -2.09. The zero-order valence-corrected chi connectivity index (χ0v) is 21.4. The van der Waals surface area contributed by atoms with Crippen LogP contribution in [-0.4, -0.2) is 26.3 Å². The van der Waals surface area contributed by atoms with Gasteiger partial charge in [-0.15, -0.1) is 0 Å². The SMILES string of the molecule is Cc1cc(C(=O)COc2ccc(-c3ccccc3)cc2)c(C)n1-c1c(C)n(C)n(-c2ccccc2)c1=O. The average Bonchev–Trinajstić information content (AvgIpc) is 3.33. The Morgan fingerprint density at radius 3 is 2.03 bits per heavy atom. The van der Waals surface area contributed by atoms with Gasteiger partial charge in [-0.25, -0.2) is 4.68 Å². The number of hydrogen-bond donors (Lipinski definition) is 0. The van der Waals surface area contributed by atoms with E-state index in [0.29, 0.717) is 17.0 Å². The van der Waals surface area contributed by atoms with Crippen molar-refractivity contribution in [3.8, 4) is 28.3 Å². The van der Waals surface area contributed by atoms with Crippen molar-refractivity contribution in [2.24, 2.45) is 7.05 Å². The highest BCUT2D eigenvalue weighted by molar-refractivity contribution is 5.98. The lowest BCUT2D eigenvalue weighted by Crippen LogP contribution is -2.22. The van der Waals surface area contributed by atoms with Crippen LogP contribution in [0.3, 0.4) is 0 Å². The molecule has 6 heteroatoms. The van der Waals surface area contributed by atoms with Crippen LogP contribution in [-0.2, 0) is 7.05 Å². The molecule has 2 aromatic heterocycles. The van der Waals surface area contributed by atoms with E-state index in [9.17, 15) is 9.59 Å². The fraction of sp³-hybridized carbons (Fsp3) is 0.161. The fourth-order valence-corrected chi connectivity index (χ4v) is 4.80. The lowest BCUT2D eigenvalue weighted by atomic mass is 10.1. The molecule has 0 unspecified atom stereocenters. The molecule has 0 saturated carbocycles. The number of hydrogen-bond acceptors (Lipinski definition) is 3. The van der Waals surface area contributed by atoms with Crippen LogP contribution in [0.25, 0.3) is 22.5 Å². The number of aromatic nitrogens is 3. The molecule has 5 aromatic rings. The summed E-state index contributed by atoms with van der Waals surface area (Å²) < 4.78 is 11.2. The number of Topliss-reactive ketones (excluding diaryl/α,β-unsaturated/α-hetero) is 1. The van der Waals surface area contributed by atoms with Crippen molar-refractivity contribution in [2.45, 2.75) is 20.8 Å². The summed E-state index contributed by atoms with van der Waals surface area (Å²) in [5, 5.41) is 0. The van der Waals surface area contributed by atoms with Gasteiger partial charge in [-0.1, -0.05) is 60.7 Å². The molecule has 0 bridgehead atoms. The monoisotopic (exact) mass is 491 g/mol. The summed E-state index contributed by atoms with van der Waals surface area (Å²) in [7, 11) is 1.87. The molecule has 0 fully saturated rings. The van der Waals surface area contributed by atoms with Crippen LogP contribution in [0.15, 0.2) is 95.8 Å². The molecule has 0 saturated heterocycles. The lowest BCUT2D eigenvalue weighted by molar-refractivity contribution is 0.0921. The summed E-state index contributed by atoms with van der Waals surface area (Å²) >= 11 is 0. The van der Waals surface area contributed by atoms with E-state index in [0.717, 1.165) is 33.9 Å². The largest absolute Gasteiger partial charge is 0.485 e. The molecule has 0 radical (unpaired) electrons. The molecule has 0 aliphatic carbocycles. The van der Waals surface area contributed by atoms with Crippen LogP contribution in [0.4, 0.5) is 0 Å². The summed E-state index contributed by atoms with van der Waals surface area (Å²) in [6.07, 6.45) is 0. The van der Waals surface area contributed by atoms with E-state index in [4.69, 9.17) is 4.74 Å². The van der Waals surface area contributed by atoms with E-state index in [1.807, 2.05) is 116 Å². The number of rotatable bonds is 7. The molecule has 0 N–H and O–H groups in total. The Kier molecular flexibility index (Phi) is 6.40. The highest BCUT2D eigenvalue weighted by Crippen LogP contribution is 2.25. The van der Waals surface area contributed by atoms with Gasteiger partial charge in [0, 0.05) is 24.0 Å². The molecule has 0 aliphatic rings. The van der Waals surface area contributed by atoms with E-state index in [1.165, 1.54) is 0 Å². The van der Waals surface area contributed by atoms with Gasteiger partial charge in [0.25, 0.3) is 5.56 Å². The van der Waals surface area contributed by atoms with E-state index in [1.54, 1.807) is 4.68 Å². The molecule has 186 valence electrons. The molecule has 0 aliphatic heterocycles. The van der Waals surface area contributed by atoms with Gasteiger partial charge in [0.2, 0.25) is 5.78 Å². The van der Waals surface area contributed by atoms with Crippen molar-refractivity contribution in [1.29, 1.82) is 0 Å². The Hall–Kier alpha value is -4.58. The van der Waals surface area contributed by atoms with Crippen LogP contribution in [0.2, 0.25) is 0 Å². The second-order valence-electron chi connectivity index (χ2n) is 9.13. The Balaban J connectivity index is 1.39. The minimum absolute atomic E-state index is 0.0863. The van der Waals surface area contributed by atoms with E-state index < -0.39 is 0 Å². The maximum absolute atomic E-state index is 13.5. The van der Waals surface area contributed by atoms with Gasteiger partial charge in [-0.3, -0.25) is 14.3 Å². The quantitative estimate of drug-likeness (QED) is 0.270. The van der Waals surface area contributed by atoms with Gasteiger partial charge in [-0.05, 0) is 62.2 Å². The van der Waals surface area contributed by atoms with Crippen LogP contribution in [0.1, 0.15) is 27.4 Å². The van der Waals surface area contributed by atoms with Gasteiger partial charge in [0.15, 0.2) is 6.61 Å². The predicted octanol–water partition coefficient (Wildman–Crippen LogP) is 5.82. The highest BCUT2D eigenvalue weighted by Gasteiger charge is 2.23. The number of carbonyl (C=O) groups is 1. The first-order chi connectivity index (χ1) is 17.9. The molecule has 5 rings (SSSR count). The summed E-state index contributed by atoms with van der Waals surface area (Å²) in [5.41, 5.74) is 6.30. The van der Waals surface area contributed by atoms with Crippen molar-refractivity contribution in [1.82, 2.24) is 13.9 Å². The third kappa shape index (κ3) is 4.42. The van der Waals surface area contributed by atoms with Gasteiger partial charge >= 0.3 is 0 Å². The molecular weight excluding hydrogens is 462 g/mol. The van der Waals surface area contributed by atoms with Crippen molar-refractivity contribution in [3.05, 3.63) is 124 Å². The van der Waals surface area contributed by atoms with Gasteiger partial charge in [-0.2, -0.15) is 0 Å². The second-order valence-corrected chi connectivity index (χ2v) is 9.13. The highest BCUT2D eigenvalue weighted by atomic mass is 16.5. The Bertz CT molecular complexity index is 1620. The fourth-order valence-electron chi connectivity index (χ4n) is 4.80. The maximum Gasteiger partial charge on any atom is 0.295 e. The zero-order valence-electron chi connectivity index (χ0n) is 21.4. The Morgan fingerprint density at radius 2 is 1.38 bits per heavy atom. The normalized spacial score (nSPS) is 11.0. The predicted molar refractivity (Wildman–Crippen MR) is 146 cm³/mol. The second kappa shape index (κ2) is 9.82. The summed E-state index contributed by atoms with van der Waals surface area (Å²) in [5.74, 6) is 0.495. The molecule has 0 atom stereocenters. The number of carbonyl (C=O) groups excluding carboxylic acids is 1. The molecule has 37 heavy (non-hydrogen) atoms. The van der Waals surface area contributed by atoms with E-state index in [2.05, 4.69) is 12.1 Å².